The van der Waals surface area contributed by atoms with Crippen molar-refractivity contribution in [1.29, 1.82) is 0 Å². The number of carbonyl (C=O) groups excluding carboxylic acids is 16. The lowest BCUT2D eigenvalue weighted by Crippen LogP contribution is -2.69. The van der Waals surface area contributed by atoms with Gasteiger partial charge in [0.1, 0.15) is 85.0 Å². The van der Waals surface area contributed by atoms with Crippen LogP contribution in [0.1, 0.15) is 139 Å². The van der Waals surface area contributed by atoms with Gasteiger partial charge in [0, 0.05) is 87.6 Å². The molecule has 3 aliphatic heterocycles. The van der Waals surface area contributed by atoms with Crippen LogP contribution in [0.2, 0.25) is 0 Å². The summed E-state index contributed by atoms with van der Waals surface area (Å²) >= 11 is 0. The zero-order valence-electron chi connectivity index (χ0n) is 66.7. The van der Waals surface area contributed by atoms with E-state index in [0.29, 0.717) is 11.1 Å². The Labute approximate surface area is 676 Å². The highest BCUT2D eigenvalue weighted by molar-refractivity contribution is 5.99. The molecule has 2 aromatic rings. The van der Waals surface area contributed by atoms with E-state index < -0.39 is 280 Å². The van der Waals surface area contributed by atoms with Gasteiger partial charge >= 0.3 is 47.8 Å². The van der Waals surface area contributed by atoms with Crippen LogP contribution in [0.5, 0.6) is 5.75 Å². The number of benzene rings is 2. The van der Waals surface area contributed by atoms with Crippen molar-refractivity contribution in [3.05, 3.63) is 65.7 Å². The van der Waals surface area contributed by atoms with E-state index in [4.69, 9.17) is 48.4 Å². The Morgan fingerprint density at radius 2 is 0.949 bits per heavy atom. The Morgan fingerprint density at radius 3 is 1.44 bits per heavy atom. The Hall–Kier alpha value is -12.0. The number of phenolic OH excluding ortho intramolecular Hbond substituents is 1. The number of aromatic hydroxyl groups is 1. The number of primary amides is 1. The number of amides is 11. The van der Waals surface area contributed by atoms with Crippen LogP contribution in [0.25, 0.3) is 0 Å². The lowest BCUT2D eigenvalue weighted by atomic mass is 9.95. The third kappa shape index (κ3) is 31.2. The molecule has 43 heteroatoms. The minimum Gasteiger partial charge on any atom is -0.508 e. The molecule has 0 aromatic heterocycles. The molecule has 0 saturated carbocycles. The van der Waals surface area contributed by atoms with Crippen molar-refractivity contribution in [3.8, 4) is 5.75 Å². The molecule has 2 aromatic carbocycles. The number of nitrogens with one attached hydrogen (secondary N) is 9. The molecule has 3 saturated heterocycles. The van der Waals surface area contributed by atoms with Crippen LogP contribution in [0.15, 0.2) is 54.6 Å². The highest BCUT2D eigenvalue weighted by Crippen LogP contribution is 2.33. The lowest BCUT2D eigenvalue weighted by molar-refractivity contribution is -0.312. The van der Waals surface area contributed by atoms with Crippen molar-refractivity contribution >= 4 is 113 Å². The molecule has 19 atom stereocenters. The number of carbonyl (C=O) groups is 19. The molecule has 3 aliphatic rings. The summed E-state index contributed by atoms with van der Waals surface area (Å²) in [5.74, 6) is -21.7. The second-order valence-electron chi connectivity index (χ2n) is 28.6. The summed E-state index contributed by atoms with van der Waals surface area (Å²) in [6.07, 6.45) is -21.2. The van der Waals surface area contributed by atoms with Gasteiger partial charge < -0.3 is 122 Å². The van der Waals surface area contributed by atoms with Gasteiger partial charge in [0.05, 0.1) is 19.1 Å². The van der Waals surface area contributed by atoms with Crippen LogP contribution in [0.3, 0.4) is 0 Å². The third-order valence-corrected chi connectivity index (χ3v) is 18.3. The first-order chi connectivity index (χ1) is 55.4. The Morgan fingerprint density at radius 1 is 0.492 bits per heavy atom. The fourth-order valence-electron chi connectivity index (χ4n) is 13.2. The highest BCUT2D eigenvalue weighted by Gasteiger charge is 2.55. The number of hydrogen-bond donors (Lipinski definition) is 14. The minimum absolute atomic E-state index is 0.104. The molecule has 3 fully saturated rings. The van der Waals surface area contributed by atoms with Gasteiger partial charge in [-0.05, 0) is 68.2 Å². The molecule has 0 aliphatic carbocycles. The summed E-state index contributed by atoms with van der Waals surface area (Å²) < 4.78 is 52.7. The topological polar surface area (TPSA) is 626 Å². The molecule has 43 nitrogen and oxygen atoms in total. The number of carboxylic acid groups (broad SMARTS) is 3. The number of carboxylic acids is 3. The van der Waals surface area contributed by atoms with E-state index in [2.05, 4.69) is 47.9 Å². The summed E-state index contributed by atoms with van der Waals surface area (Å²) in [6.45, 7) is 10.6. The van der Waals surface area contributed by atoms with Crippen LogP contribution >= 0.6 is 0 Å². The largest absolute Gasteiger partial charge is 0.508 e. The average molecular weight is 1670 g/mol. The first-order valence-electron chi connectivity index (χ1n) is 37.5. The Balaban J connectivity index is 1.53. The molecule has 650 valence electrons. The Bertz CT molecular complexity index is 3960. The van der Waals surface area contributed by atoms with E-state index in [9.17, 15) is 102 Å². The number of hydrogen-bond acceptors (Lipinski definition) is 29. The molecule has 3 heterocycles. The number of ether oxygens (including phenoxy) is 9. The standard InChI is InChI=1S/C75H103N11O32/c1-34(2)28-52(84-69(105)50(29-44-16-13-12-14-17-44)82-70(106)51(31-58(100)101)83-68(104)49(77-36(4)87)30-45-19-21-46(95)22-20-45)73(109)86-27-15-18-53(86)71(107)81-48(24-26-57(98)99)67(103)85-59(72(108)80-47(66(76)102)23-25-56(96)97)35(3)112-75-61(79-38(6)89)65(116-43(11)94)63(114-41(9)92)55(118-75)33-111-74-60(78-37(5)88)64(115-42(10)93)62(113-40(8)91)54(117-74)32-110-39(7)90/h12-14,16-17,19-22,34-35,47-55,59-65,74-75,95H,15,18,23-33H2,1-11H3,(H2,76,102)(H,77,87)(H,78,88)(H,79,89)(H,80,108)(H,81,107)(H,82,106)(H,83,104)(H,84,105)(H,85,103)(H,96,97)(H,98,99)(H,100,101)/t35-,47+,48+,49+,50+,51+,52+,53+,54-,55-,59+,60-,61-,62-,63+,64-,65-,74-,75+/m1/s1. The van der Waals surface area contributed by atoms with Gasteiger partial charge in [-0.2, -0.15) is 0 Å². The van der Waals surface area contributed by atoms with Gasteiger partial charge in [0.2, 0.25) is 65.0 Å². The number of nitrogens with two attached hydrogens (primary N) is 1. The molecule has 0 spiro atoms. The fraction of sp³-hybridized carbons (Fsp3) is 0.587. The molecule has 11 amide bonds. The SMILES string of the molecule is CC(=O)N[C@H]1[C@@H](O[C@H](C)[C@H](NC(=O)[C@H](CCC(=O)O)NC(=O)[C@@H]2CCCN2C(=O)[C@H](CC(C)C)NC(=O)[C@H](Cc2ccccc2)NC(=O)[C@H](CC(=O)O)NC(=O)[C@H](Cc2ccc(O)cc2)NC(C)=O)C(=O)N[C@@H](CCC(=O)O)C(N)=O)O[C@H](CO[C@@H]2O[C@H](COC(C)=O)[C@@H](OC(C)=O)[C@H](OC(C)=O)[C@H]2NC(C)=O)[C@H](OC(C)=O)[C@@H]1OC(C)=O. The molecule has 0 radical (unpaired) electrons. The van der Waals surface area contributed by atoms with Crippen molar-refractivity contribution in [2.45, 2.75) is 256 Å². The van der Waals surface area contributed by atoms with Gasteiger partial charge in [0.15, 0.2) is 37.0 Å². The van der Waals surface area contributed by atoms with Crippen LogP contribution in [-0.4, -0.2) is 274 Å². The second kappa shape index (κ2) is 46.1. The maximum atomic E-state index is 15.1. The smallest absolute Gasteiger partial charge is 0.305 e. The summed E-state index contributed by atoms with van der Waals surface area (Å²) in [5.41, 5.74) is 6.52. The fourth-order valence-corrected chi connectivity index (χ4v) is 13.2. The van der Waals surface area contributed by atoms with E-state index in [-0.39, 0.29) is 44.4 Å². The number of aliphatic carboxylic acids is 3. The van der Waals surface area contributed by atoms with E-state index in [0.717, 1.165) is 67.2 Å². The molecule has 15 N–H and O–H groups in total. The zero-order valence-corrected chi connectivity index (χ0v) is 66.7. The number of rotatable bonds is 43. The van der Waals surface area contributed by atoms with E-state index in [1.54, 1.807) is 44.2 Å². The molecular formula is C75H103N11O32. The van der Waals surface area contributed by atoms with Gasteiger partial charge in [-0.25, -0.2) is 0 Å². The predicted molar refractivity (Wildman–Crippen MR) is 398 cm³/mol. The number of phenols is 1. The first-order valence-corrected chi connectivity index (χ1v) is 37.5. The summed E-state index contributed by atoms with van der Waals surface area (Å²) in [5, 5.41) is 61.4. The lowest BCUT2D eigenvalue weighted by Gasteiger charge is -2.47. The predicted octanol–water partition coefficient (Wildman–Crippen LogP) is -3.51. The molecule has 118 heavy (non-hydrogen) atoms. The quantitative estimate of drug-likeness (QED) is 0.0226. The summed E-state index contributed by atoms with van der Waals surface area (Å²) in [6, 6.07) is -3.82. The van der Waals surface area contributed by atoms with Crippen molar-refractivity contribution in [1.82, 2.24) is 52.8 Å². The van der Waals surface area contributed by atoms with Crippen LogP contribution in [0.4, 0.5) is 0 Å². The molecule has 5 rings (SSSR count). The number of nitrogens with zero attached hydrogens (tertiary/aromatic N) is 1. The number of esters is 5. The maximum Gasteiger partial charge on any atom is 0.305 e. The van der Waals surface area contributed by atoms with E-state index >= 15 is 9.59 Å². The van der Waals surface area contributed by atoms with Crippen molar-refractivity contribution < 1.29 is 154 Å². The zero-order chi connectivity index (χ0) is 88.1. The molecule has 0 unspecified atom stereocenters. The number of likely N-dealkylation sites (tertiary alicyclic amines) is 1. The van der Waals surface area contributed by atoms with Gasteiger partial charge in [-0.15, -0.1) is 0 Å². The maximum absolute atomic E-state index is 15.1. The first kappa shape index (κ1) is 96.6. The van der Waals surface area contributed by atoms with Gasteiger partial charge in [-0.1, -0.05) is 56.3 Å². The third-order valence-electron chi connectivity index (χ3n) is 18.3. The Kier molecular flexibility index (Phi) is 37.7. The van der Waals surface area contributed by atoms with E-state index in [1.165, 1.54) is 24.3 Å². The van der Waals surface area contributed by atoms with Gasteiger partial charge in [-0.3, -0.25) is 91.1 Å². The van der Waals surface area contributed by atoms with Crippen LogP contribution in [0, 0.1) is 5.92 Å². The summed E-state index contributed by atoms with van der Waals surface area (Å²) in [4.78, 5) is 255. The van der Waals surface area contributed by atoms with Crippen molar-refractivity contribution in [2.24, 2.45) is 11.7 Å². The van der Waals surface area contributed by atoms with Crippen molar-refractivity contribution in [2.75, 3.05) is 19.8 Å². The van der Waals surface area contributed by atoms with E-state index in [1.807, 2.05) is 0 Å². The van der Waals surface area contributed by atoms with Crippen molar-refractivity contribution in [3.63, 3.8) is 0 Å². The average Bonchev–Trinajstić information content (AvgIpc) is 0.934. The molecule has 0 bridgehead atoms. The normalized spacial score (nSPS) is 22.1. The minimum atomic E-state index is -2.24. The van der Waals surface area contributed by atoms with Gasteiger partial charge in [0.25, 0.3) is 0 Å². The highest BCUT2D eigenvalue weighted by atomic mass is 16.7. The van der Waals surface area contributed by atoms with Crippen LogP contribution < -0.4 is 53.6 Å². The van der Waals surface area contributed by atoms with Crippen LogP contribution in [-0.2, 0) is 147 Å². The monoisotopic (exact) mass is 1670 g/mol. The second-order valence-corrected chi connectivity index (χ2v) is 28.6. The molecular weight excluding hydrogens is 1570 g/mol. The summed E-state index contributed by atoms with van der Waals surface area (Å²) in [7, 11) is 0.